The molecule has 1 heterocycles. The second-order valence-electron chi connectivity index (χ2n) is 5.93. The van der Waals surface area contributed by atoms with E-state index in [0.29, 0.717) is 5.69 Å². The van der Waals surface area contributed by atoms with E-state index in [0.717, 1.165) is 24.8 Å². The third-order valence-corrected chi connectivity index (χ3v) is 4.44. The molecule has 1 aromatic carbocycles. The van der Waals surface area contributed by atoms with Gasteiger partial charge in [0.1, 0.15) is 11.3 Å². The van der Waals surface area contributed by atoms with Crippen molar-refractivity contribution in [2.45, 2.75) is 37.8 Å². The van der Waals surface area contributed by atoms with Gasteiger partial charge in [0.2, 0.25) is 0 Å². The Labute approximate surface area is 136 Å². The summed E-state index contributed by atoms with van der Waals surface area (Å²) in [5.74, 6) is -0.350. The maximum atomic E-state index is 12.6. The van der Waals surface area contributed by atoms with Crippen molar-refractivity contribution >= 4 is 5.97 Å². The third kappa shape index (κ3) is 2.99. The number of carbonyl (C=O) groups is 1. The average Bonchev–Trinajstić information content (AvgIpc) is 3.02. The predicted octanol–water partition coefficient (Wildman–Crippen LogP) is 3.91. The van der Waals surface area contributed by atoms with Crippen LogP contribution in [0.3, 0.4) is 0 Å². The normalized spacial score (nSPS) is 16.7. The maximum Gasteiger partial charge on any atom is 0.357 e. The molecular formula is C19H20N2O2. The minimum atomic E-state index is -0.538. The van der Waals surface area contributed by atoms with Crippen LogP contribution in [-0.2, 0) is 4.74 Å². The van der Waals surface area contributed by atoms with Crippen molar-refractivity contribution in [1.29, 1.82) is 0 Å². The monoisotopic (exact) mass is 308 g/mol. The molecule has 23 heavy (non-hydrogen) atoms. The molecule has 1 atom stereocenters. The van der Waals surface area contributed by atoms with Gasteiger partial charge in [0.05, 0.1) is 18.6 Å². The van der Waals surface area contributed by atoms with E-state index in [4.69, 9.17) is 4.74 Å². The van der Waals surface area contributed by atoms with Gasteiger partial charge in [0, 0.05) is 6.08 Å². The first-order chi connectivity index (χ1) is 11.2. The van der Waals surface area contributed by atoms with Gasteiger partial charge in [-0.05, 0) is 31.7 Å². The Bertz CT molecular complexity index is 738. The number of benzene rings is 1. The van der Waals surface area contributed by atoms with Gasteiger partial charge in [-0.3, -0.25) is 0 Å². The van der Waals surface area contributed by atoms with E-state index in [1.165, 1.54) is 0 Å². The molecule has 0 bridgehead atoms. The predicted molar refractivity (Wildman–Crippen MR) is 88.2 cm³/mol. The lowest BCUT2D eigenvalue weighted by molar-refractivity contribution is -0.0324. The minimum absolute atomic E-state index is 0.00790. The van der Waals surface area contributed by atoms with E-state index in [9.17, 15) is 4.79 Å². The van der Waals surface area contributed by atoms with Crippen molar-refractivity contribution in [3.05, 3.63) is 72.5 Å². The number of hydrogen-bond donors (Lipinski definition) is 0. The van der Waals surface area contributed by atoms with Gasteiger partial charge < -0.3 is 9.30 Å². The molecule has 0 N–H and O–H groups in total. The zero-order chi connectivity index (χ0) is 16.3. The van der Waals surface area contributed by atoms with E-state index in [-0.39, 0.29) is 12.0 Å². The van der Waals surface area contributed by atoms with Crippen molar-refractivity contribution in [2.75, 3.05) is 0 Å². The molecule has 0 aliphatic heterocycles. The van der Waals surface area contributed by atoms with Crippen LogP contribution in [0.25, 0.3) is 0 Å². The van der Waals surface area contributed by atoms with Crippen molar-refractivity contribution in [3.63, 3.8) is 0 Å². The molecule has 1 aliphatic rings. The van der Waals surface area contributed by atoms with Crippen LogP contribution in [0.4, 0.5) is 0 Å². The Hall–Kier alpha value is -2.58. The summed E-state index contributed by atoms with van der Waals surface area (Å²) < 4.78 is 7.58. The number of rotatable bonds is 5. The summed E-state index contributed by atoms with van der Waals surface area (Å²) >= 11 is 0. The molecule has 1 aromatic heterocycles. The van der Waals surface area contributed by atoms with Gasteiger partial charge in [-0.1, -0.05) is 36.9 Å². The lowest BCUT2D eigenvalue weighted by Crippen LogP contribution is -2.40. The molecular weight excluding hydrogens is 288 g/mol. The number of hydrogen-bond acceptors (Lipinski definition) is 3. The van der Waals surface area contributed by atoms with Crippen LogP contribution in [-0.4, -0.2) is 21.1 Å². The first kappa shape index (κ1) is 15.3. The van der Waals surface area contributed by atoms with Crippen molar-refractivity contribution in [3.8, 4) is 0 Å². The highest BCUT2D eigenvalue weighted by Crippen LogP contribution is 2.37. The lowest BCUT2D eigenvalue weighted by atomic mass is 9.80. The molecule has 0 amide bonds. The van der Waals surface area contributed by atoms with Gasteiger partial charge in [-0.15, -0.1) is 5.73 Å². The van der Waals surface area contributed by atoms with Gasteiger partial charge in [-0.25, -0.2) is 9.78 Å². The Morgan fingerprint density at radius 3 is 2.78 bits per heavy atom. The Balaban J connectivity index is 1.83. The summed E-state index contributed by atoms with van der Waals surface area (Å²) in [5.41, 5.74) is 3.79. The molecule has 0 radical (unpaired) electrons. The van der Waals surface area contributed by atoms with Gasteiger partial charge in [0.15, 0.2) is 0 Å². The van der Waals surface area contributed by atoms with Crippen molar-refractivity contribution in [1.82, 2.24) is 9.55 Å². The molecule has 0 unspecified atom stereocenters. The Kier molecular flexibility index (Phi) is 4.18. The molecule has 3 rings (SSSR count). The number of aromatic nitrogens is 2. The van der Waals surface area contributed by atoms with E-state index < -0.39 is 5.60 Å². The van der Waals surface area contributed by atoms with Crippen molar-refractivity contribution in [2.24, 2.45) is 0 Å². The first-order valence-corrected chi connectivity index (χ1v) is 7.82. The molecule has 1 saturated carbocycles. The minimum Gasteiger partial charge on any atom is -0.449 e. The quantitative estimate of drug-likeness (QED) is 0.621. The van der Waals surface area contributed by atoms with E-state index in [2.05, 4.69) is 17.3 Å². The fraction of sp³-hybridized carbons (Fsp3) is 0.316. The van der Waals surface area contributed by atoms with Crippen LogP contribution in [0.1, 0.15) is 48.3 Å². The Morgan fingerprint density at radius 1 is 1.43 bits per heavy atom. The molecule has 1 aliphatic carbocycles. The summed E-state index contributed by atoms with van der Waals surface area (Å²) in [6.45, 7) is 5.63. The molecule has 4 heteroatoms. The van der Waals surface area contributed by atoms with E-state index >= 15 is 0 Å². The smallest absolute Gasteiger partial charge is 0.357 e. The average molecular weight is 308 g/mol. The molecule has 1 fully saturated rings. The second kappa shape index (κ2) is 6.27. The topological polar surface area (TPSA) is 44.1 Å². The van der Waals surface area contributed by atoms with Crippen LogP contribution >= 0.6 is 0 Å². The molecule has 2 aromatic rings. The summed E-state index contributed by atoms with van der Waals surface area (Å²) in [6, 6.07) is 10.0. The van der Waals surface area contributed by atoms with Gasteiger partial charge in [0.25, 0.3) is 0 Å². The number of ether oxygens (including phenoxy) is 1. The highest BCUT2D eigenvalue weighted by atomic mass is 16.6. The second-order valence-corrected chi connectivity index (χ2v) is 5.93. The van der Waals surface area contributed by atoms with E-state index in [1.54, 1.807) is 18.6 Å². The van der Waals surface area contributed by atoms with Crippen LogP contribution < -0.4 is 0 Å². The Morgan fingerprint density at radius 2 is 2.17 bits per heavy atom. The molecule has 0 spiro atoms. The summed E-state index contributed by atoms with van der Waals surface area (Å²) in [5, 5.41) is 0. The standard InChI is InChI=1S/C19H20N2O2/c1-3-10-19(11-7-12-19)23-18(22)17-13-20-14-21(17)15(2)16-8-5-4-6-9-16/h4-6,8-10,13-15H,1,7,11-12H2,2H3/t15-/m1/s1. The third-order valence-electron chi connectivity index (χ3n) is 4.44. The molecule has 4 nitrogen and oxygen atoms in total. The fourth-order valence-corrected chi connectivity index (χ4v) is 2.89. The van der Waals surface area contributed by atoms with Crippen molar-refractivity contribution < 1.29 is 9.53 Å². The zero-order valence-electron chi connectivity index (χ0n) is 13.2. The number of nitrogens with zero attached hydrogens (tertiary/aromatic N) is 2. The van der Waals surface area contributed by atoms with Crippen LogP contribution in [0.2, 0.25) is 0 Å². The first-order valence-electron chi connectivity index (χ1n) is 7.82. The maximum absolute atomic E-state index is 12.6. The molecule has 118 valence electrons. The van der Waals surface area contributed by atoms with E-state index in [1.807, 2.05) is 41.8 Å². The van der Waals surface area contributed by atoms with Crippen LogP contribution in [0.15, 0.2) is 61.2 Å². The SMILES string of the molecule is C=C=CC1(OC(=O)c2cncn2[C@H](C)c2ccccc2)CCC1. The number of imidazole rings is 1. The van der Waals surface area contributed by atoms with Crippen LogP contribution in [0.5, 0.6) is 0 Å². The number of carbonyl (C=O) groups excluding carboxylic acids is 1. The van der Waals surface area contributed by atoms with Gasteiger partial charge >= 0.3 is 5.97 Å². The summed E-state index contributed by atoms with van der Waals surface area (Å²) in [6.07, 6.45) is 7.69. The highest BCUT2D eigenvalue weighted by molar-refractivity contribution is 5.88. The number of esters is 1. The zero-order valence-corrected chi connectivity index (χ0v) is 13.2. The largest absolute Gasteiger partial charge is 0.449 e. The lowest BCUT2D eigenvalue weighted by Gasteiger charge is -2.37. The van der Waals surface area contributed by atoms with Gasteiger partial charge in [-0.2, -0.15) is 0 Å². The summed E-state index contributed by atoms with van der Waals surface area (Å²) in [7, 11) is 0. The fourth-order valence-electron chi connectivity index (χ4n) is 2.89. The highest BCUT2D eigenvalue weighted by Gasteiger charge is 2.39. The van der Waals surface area contributed by atoms with Crippen LogP contribution in [0, 0.1) is 0 Å². The summed E-state index contributed by atoms with van der Waals surface area (Å²) in [4.78, 5) is 16.7. The molecule has 0 saturated heterocycles.